The Hall–Kier alpha value is -3.29. The molecule has 0 aliphatic carbocycles. The molecular weight excluding hydrogens is 522 g/mol. The number of methoxy groups -OCH3 is 3. The predicted molar refractivity (Wildman–Crippen MR) is 121 cm³/mol. The Morgan fingerprint density at radius 3 is 2.29 bits per heavy atom. The molecule has 2 aromatic carbocycles. The van der Waals surface area contributed by atoms with E-state index in [2.05, 4.69) is 15.9 Å². The lowest BCUT2D eigenvalue weighted by atomic mass is 10.0. The van der Waals surface area contributed by atoms with Crippen LogP contribution in [0.3, 0.4) is 0 Å². The van der Waals surface area contributed by atoms with E-state index < -0.39 is 28.4 Å². The van der Waals surface area contributed by atoms with Crippen LogP contribution >= 0.6 is 15.9 Å². The van der Waals surface area contributed by atoms with Gasteiger partial charge in [0.25, 0.3) is 0 Å². The number of hydrogen-bond acceptors (Lipinski definition) is 11. The third-order valence-electron chi connectivity index (χ3n) is 4.41. The molecule has 0 bridgehead atoms. The number of carbonyl (C=O) groups is 1. The summed E-state index contributed by atoms with van der Waals surface area (Å²) in [5.74, 6) is -1.63. The minimum Gasteiger partial charge on any atom is -0.507 e. The van der Waals surface area contributed by atoms with Crippen LogP contribution in [0.2, 0.25) is 0 Å². The summed E-state index contributed by atoms with van der Waals surface area (Å²) in [7, 11) is 4.08. The zero-order valence-corrected chi connectivity index (χ0v) is 20.4. The maximum atomic E-state index is 12.6. The van der Waals surface area contributed by atoms with Crippen molar-refractivity contribution in [3.8, 4) is 28.7 Å². The number of phenols is 2. The topological polar surface area (TPSA) is 156 Å². The van der Waals surface area contributed by atoms with E-state index in [4.69, 9.17) is 28.4 Å². The average Bonchev–Trinajstić information content (AvgIpc) is 2.78. The summed E-state index contributed by atoms with van der Waals surface area (Å²) in [5, 5.41) is 31.3. The number of halogens is 1. The molecule has 2 N–H and O–H groups in total. The first-order chi connectivity index (χ1) is 16.1. The first kappa shape index (κ1) is 27.0. The molecule has 0 heterocycles. The Morgan fingerprint density at radius 2 is 1.71 bits per heavy atom. The lowest BCUT2D eigenvalue weighted by molar-refractivity contribution is -0.386. The summed E-state index contributed by atoms with van der Waals surface area (Å²) >= 11 is 3.07. The van der Waals surface area contributed by atoms with Gasteiger partial charge in [-0.3, -0.25) is 10.1 Å². The second-order valence-corrected chi connectivity index (χ2v) is 7.69. The Morgan fingerprint density at radius 1 is 1.06 bits per heavy atom. The molecule has 0 aromatic heterocycles. The van der Waals surface area contributed by atoms with Crippen LogP contribution in [0.1, 0.15) is 22.8 Å². The van der Waals surface area contributed by atoms with Crippen molar-refractivity contribution in [2.75, 3.05) is 34.9 Å². The molecule has 186 valence electrons. The summed E-state index contributed by atoms with van der Waals surface area (Å²) in [6, 6.07) is 3.33. The number of carbonyl (C=O) groups excluding carboxylic acids is 1. The highest BCUT2D eigenvalue weighted by Crippen LogP contribution is 2.45. The molecule has 0 amide bonds. The number of aromatic hydroxyl groups is 2. The summed E-state index contributed by atoms with van der Waals surface area (Å²) in [6.45, 7) is 1.04. The summed E-state index contributed by atoms with van der Waals surface area (Å²) in [6.07, 6.45) is -0.950. The minimum atomic E-state index is -0.884. The number of nitro benzene ring substituents is 1. The van der Waals surface area contributed by atoms with Crippen molar-refractivity contribution >= 4 is 27.6 Å². The van der Waals surface area contributed by atoms with Crippen molar-refractivity contribution in [1.29, 1.82) is 0 Å². The number of benzene rings is 2. The van der Waals surface area contributed by atoms with Crippen molar-refractivity contribution in [1.82, 2.24) is 0 Å². The van der Waals surface area contributed by atoms with Gasteiger partial charge in [-0.1, -0.05) is 0 Å². The smallest absolute Gasteiger partial charge is 0.342 e. The predicted octanol–water partition coefficient (Wildman–Crippen LogP) is 3.53. The van der Waals surface area contributed by atoms with Crippen LogP contribution in [-0.4, -0.2) is 62.1 Å². The highest BCUT2D eigenvalue weighted by atomic mass is 79.9. The fourth-order valence-electron chi connectivity index (χ4n) is 3.00. The number of nitrogens with zero attached hydrogens (tertiary/aromatic N) is 1. The maximum Gasteiger partial charge on any atom is 0.342 e. The number of nitro groups is 1. The van der Waals surface area contributed by atoms with Gasteiger partial charge in [-0.25, -0.2) is 4.79 Å². The average molecular weight is 546 g/mol. The van der Waals surface area contributed by atoms with E-state index in [0.717, 1.165) is 12.1 Å². The first-order valence-corrected chi connectivity index (χ1v) is 10.5. The van der Waals surface area contributed by atoms with Gasteiger partial charge in [-0.05, 0) is 28.9 Å². The van der Waals surface area contributed by atoms with Crippen molar-refractivity contribution in [2.24, 2.45) is 0 Å². The molecule has 0 radical (unpaired) electrons. The van der Waals surface area contributed by atoms with Crippen LogP contribution in [0.5, 0.6) is 28.7 Å². The Balaban J connectivity index is 2.46. The van der Waals surface area contributed by atoms with E-state index in [1.165, 1.54) is 27.4 Å². The summed E-state index contributed by atoms with van der Waals surface area (Å²) < 4.78 is 31.7. The standard InChI is InChI=1S/C21H24BrNO11/c1-11(34-21(26)12-6-14(22)17(25)8-16(12)24)5-13-19(33-10-30-3)15(23(27)28)7-18(20(13)31-4)32-9-29-2/h6-8,11,24-25H,5,9-10H2,1-4H3. The number of hydrogen-bond donors (Lipinski definition) is 2. The van der Waals surface area contributed by atoms with Gasteiger partial charge in [0.2, 0.25) is 5.75 Å². The lowest BCUT2D eigenvalue weighted by Gasteiger charge is -2.21. The van der Waals surface area contributed by atoms with Gasteiger partial charge in [-0.2, -0.15) is 0 Å². The molecule has 1 atom stereocenters. The zero-order chi connectivity index (χ0) is 25.4. The van der Waals surface area contributed by atoms with Gasteiger partial charge in [0.15, 0.2) is 25.1 Å². The molecule has 0 saturated carbocycles. The third-order valence-corrected chi connectivity index (χ3v) is 5.05. The molecule has 2 rings (SSSR count). The molecule has 2 aromatic rings. The quantitative estimate of drug-likeness (QED) is 0.174. The van der Waals surface area contributed by atoms with Crippen LogP contribution in [0.4, 0.5) is 5.69 Å². The SMILES string of the molecule is COCOc1cc([N+](=O)[O-])c(OCOC)c(CC(C)OC(=O)c2cc(Br)c(O)cc2O)c1OC. The molecule has 1 unspecified atom stereocenters. The second-order valence-electron chi connectivity index (χ2n) is 6.83. The van der Waals surface area contributed by atoms with Crippen LogP contribution in [0.25, 0.3) is 0 Å². The van der Waals surface area contributed by atoms with Crippen molar-refractivity contribution in [2.45, 2.75) is 19.4 Å². The van der Waals surface area contributed by atoms with E-state index in [-0.39, 0.29) is 58.6 Å². The third kappa shape index (κ3) is 6.40. The van der Waals surface area contributed by atoms with Crippen molar-refractivity contribution < 1.29 is 48.4 Å². The van der Waals surface area contributed by atoms with Crippen LogP contribution in [-0.2, 0) is 20.6 Å². The molecule has 0 spiro atoms. The van der Waals surface area contributed by atoms with Crippen LogP contribution < -0.4 is 14.2 Å². The summed E-state index contributed by atoms with van der Waals surface area (Å²) in [5.41, 5.74) is -0.420. The van der Waals surface area contributed by atoms with E-state index in [0.29, 0.717) is 0 Å². The van der Waals surface area contributed by atoms with Gasteiger partial charge >= 0.3 is 11.7 Å². The Labute approximate surface area is 203 Å². The van der Waals surface area contributed by atoms with E-state index in [9.17, 15) is 25.1 Å². The molecule has 34 heavy (non-hydrogen) atoms. The van der Waals surface area contributed by atoms with E-state index in [1.807, 2.05) is 0 Å². The Bertz CT molecular complexity index is 1040. The number of esters is 1. The largest absolute Gasteiger partial charge is 0.507 e. The Kier molecular flexibility index (Phi) is 9.71. The van der Waals surface area contributed by atoms with Crippen molar-refractivity contribution in [3.05, 3.63) is 43.9 Å². The first-order valence-electron chi connectivity index (χ1n) is 9.68. The van der Waals surface area contributed by atoms with E-state index >= 15 is 0 Å². The van der Waals surface area contributed by atoms with Gasteiger partial charge in [0.1, 0.15) is 23.2 Å². The molecule has 0 aliphatic heterocycles. The van der Waals surface area contributed by atoms with Gasteiger partial charge in [-0.15, -0.1) is 0 Å². The normalized spacial score (nSPS) is 11.6. The van der Waals surface area contributed by atoms with Crippen LogP contribution in [0, 0.1) is 10.1 Å². The molecule has 0 saturated heterocycles. The van der Waals surface area contributed by atoms with E-state index in [1.54, 1.807) is 6.92 Å². The molecule has 12 nitrogen and oxygen atoms in total. The molecule has 13 heteroatoms. The molecular formula is C21H24BrNO11. The zero-order valence-electron chi connectivity index (χ0n) is 18.8. The fourth-order valence-corrected chi connectivity index (χ4v) is 3.35. The number of rotatable bonds is 12. The highest BCUT2D eigenvalue weighted by molar-refractivity contribution is 9.10. The van der Waals surface area contributed by atoms with Gasteiger partial charge in [0.05, 0.1) is 28.1 Å². The van der Waals surface area contributed by atoms with Gasteiger partial charge in [0, 0.05) is 26.7 Å². The maximum absolute atomic E-state index is 12.6. The number of ether oxygens (including phenoxy) is 6. The monoisotopic (exact) mass is 545 g/mol. The van der Waals surface area contributed by atoms with Crippen LogP contribution in [0.15, 0.2) is 22.7 Å². The van der Waals surface area contributed by atoms with Gasteiger partial charge < -0.3 is 38.6 Å². The lowest BCUT2D eigenvalue weighted by Crippen LogP contribution is -2.19. The number of phenolic OH excluding ortho intramolecular Hbond substituents is 2. The molecule has 0 fully saturated rings. The van der Waals surface area contributed by atoms with Crippen molar-refractivity contribution in [3.63, 3.8) is 0 Å². The highest BCUT2D eigenvalue weighted by Gasteiger charge is 2.30. The molecule has 0 aliphatic rings. The fraction of sp³-hybridized carbons (Fsp3) is 0.381. The minimum absolute atomic E-state index is 0.0226. The second kappa shape index (κ2) is 12.3. The summed E-state index contributed by atoms with van der Waals surface area (Å²) in [4.78, 5) is 23.7.